The first-order chi connectivity index (χ1) is 10.0. The van der Waals surface area contributed by atoms with Crippen molar-refractivity contribution in [2.75, 3.05) is 6.61 Å². The first-order valence-electron chi connectivity index (χ1n) is 6.50. The quantitative estimate of drug-likeness (QED) is 0.805. The van der Waals surface area contributed by atoms with Gasteiger partial charge in [0.1, 0.15) is 0 Å². The zero-order valence-corrected chi connectivity index (χ0v) is 11.5. The smallest absolute Gasteiger partial charge is 0.359 e. The second-order valence-corrected chi connectivity index (χ2v) is 4.46. The molecule has 7 nitrogen and oxygen atoms in total. The van der Waals surface area contributed by atoms with Gasteiger partial charge in [0.05, 0.1) is 5.39 Å². The number of hydrogen-bond donors (Lipinski definition) is 1. The summed E-state index contributed by atoms with van der Waals surface area (Å²) in [5, 5.41) is 4.82. The number of carbonyl (C=O) groups is 2. The van der Waals surface area contributed by atoms with E-state index in [1.807, 2.05) is 6.92 Å². The number of esters is 1. The molecule has 0 saturated carbocycles. The number of aromatic nitrogens is 2. The highest BCUT2D eigenvalue weighted by Crippen LogP contribution is 2.14. The summed E-state index contributed by atoms with van der Waals surface area (Å²) in [6.07, 6.45) is 0.695. The topological polar surface area (TPSA) is 104 Å². The molecule has 21 heavy (non-hydrogen) atoms. The second kappa shape index (κ2) is 6.17. The molecule has 0 aliphatic heterocycles. The van der Waals surface area contributed by atoms with Gasteiger partial charge >= 0.3 is 5.97 Å². The Kier molecular flexibility index (Phi) is 4.32. The van der Waals surface area contributed by atoms with Crippen LogP contribution in [0, 0.1) is 0 Å². The van der Waals surface area contributed by atoms with E-state index in [1.54, 1.807) is 24.3 Å². The van der Waals surface area contributed by atoms with Crippen molar-refractivity contribution in [1.29, 1.82) is 0 Å². The molecule has 7 heteroatoms. The van der Waals surface area contributed by atoms with Crippen molar-refractivity contribution in [3.63, 3.8) is 0 Å². The van der Waals surface area contributed by atoms with Crippen LogP contribution in [0.15, 0.2) is 29.1 Å². The van der Waals surface area contributed by atoms with Crippen LogP contribution < -0.4 is 11.3 Å². The fourth-order valence-corrected chi connectivity index (χ4v) is 1.95. The Balaban J connectivity index is 2.56. The number of carbonyl (C=O) groups excluding carboxylic acids is 2. The number of rotatable bonds is 5. The summed E-state index contributed by atoms with van der Waals surface area (Å²) in [6, 6.07) is 6.63. The Morgan fingerprint density at radius 2 is 1.95 bits per heavy atom. The van der Waals surface area contributed by atoms with E-state index >= 15 is 0 Å². The fourth-order valence-electron chi connectivity index (χ4n) is 1.95. The van der Waals surface area contributed by atoms with E-state index in [4.69, 9.17) is 10.5 Å². The molecule has 0 unspecified atom stereocenters. The van der Waals surface area contributed by atoms with E-state index in [1.165, 1.54) is 4.68 Å². The molecule has 0 radical (unpaired) electrons. The largest absolute Gasteiger partial charge is 0.451 e. The monoisotopic (exact) mass is 289 g/mol. The van der Waals surface area contributed by atoms with Gasteiger partial charge in [-0.05, 0) is 12.5 Å². The molecule has 1 aromatic heterocycles. The lowest BCUT2D eigenvalue weighted by Crippen LogP contribution is -2.27. The molecule has 1 aromatic carbocycles. The zero-order chi connectivity index (χ0) is 15.4. The van der Waals surface area contributed by atoms with Gasteiger partial charge in [-0.2, -0.15) is 5.10 Å². The van der Waals surface area contributed by atoms with Crippen LogP contribution in [-0.4, -0.2) is 28.3 Å². The summed E-state index contributed by atoms with van der Waals surface area (Å²) in [5.41, 5.74) is 4.68. The van der Waals surface area contributed by atoms with Gasteiger partial charge in [0, 0.05) is 11.9 Å². The molecule has 0 atom stereocenters. The first-order valence-corrected chi connectivity index (χ1v) is 6.50. The third-order valence-electron chi connectivity index (χ3n) is 2.84. The average Bonchev–Trinajstić information content (AvgIpc) is 2.48. The summed E-state index contributed by atoms with van der Waals surface area (Å²) in [6.45, 7) is 1.76. The minimum absolute atomic E-state index is 0.0000926. The molecule has 1 amide bonds. The van der Waals surface area contributed by atoms with Crippen LogP contribution in [-0.2, 0) is 16.1 Å². The van der Waals surface area contributed by atoms with Crippen molar-refractivity contribution >= 4 is 22.6 Å². The molecular weight excluding hydrogens is 274 g/mol. The number of fused-ring (bicyclic) bond motifs is 1. The van der Waals surface area contributed by atoms with Crippen molar-refractivity contribution < 1.29 is 14.3 Å². The minimum Gasteiger partial charge on any atom is -0.451 e. The van der Waals surface area contributed by atoms with Gasteiger partial charge in [0.15, 0.2) is 12.3 Å². The van der Waals surface area contributed by atoms with Crippen LogP contribution in [0.25, 0.3) is 10.8 Å². The Morgan fingerprint density at radius 3 is 2.57 bits per heavy atom. The predicted octanol–water partition coefficient (Wildman–Crippen LogP) is 0.449. The fraction of sp³-hybridized carbons (Fsp3) is 0.286. The third kappa shape index (κ3) is 3.07. The zero-order valence-electron chi connectivity index (χ0n) is 11.5. The van der Waals surface area contributed by atoms with E-state index in [0.29, 0.717) is 23.7 Å². The Labute approximate surface area is 120 Å². The number of ether oxygens (including phenoxy) is 1. The first kappa shape index (κ1) is 14.7. The Hall–Kier alpha value is -2.70. The number of benzene rings is 1. The number of primary amides is 1. The Morgan fingerprint density at radius 1 is 1.29 bits per heavy atom. The maximum absolute atomic E-state index is 12.2. The van der Waals surface area contributed by atoms with E-state index in [-0.39, 0.29) is 11.3 Å². The summed E-state index contributed by atoms with van der Waals surface area (Å²) in [7, 11) is 0. The summed E-state index contributed by atoms with van der Waals surface area (Å²) in [4.78, 5) is 34.9. The highest BCUT2D eigenvalue weighted by molar-refractivity contribution is 6.02. The van der Waals surface area contributed by atoms with Crippen molar-refractivity contribution in [1.82, 2.24) is 9.78 Å². The van der Waals surface area contributed by atoms with Crippen LogP contribution in [0.5, 0.6) is 0 Å². The van der Waals surface area contributed by atoms with E-state index in [9.17, 15) is 14.4 Å². The highest BCUT2D eigenvalue weighted by Gasteiger charge is 2.18. The lowest BCUT2D eigenvalue weighted by Gasteiger charge is -2.09. The van der Waals surface area contributed by atoms with Crippen LogP contribution >= 0.6 is 0 Å². The molecule has 2 aromatic rings. The van der Waals surface area contributed by atoms with Gasteiger partial charge < -0.3 is 10.5 Å². The molecule has 0 bridgehead atoms. The molecule has 2 rings (SSSR count). The third-order valence-corrected chi connectivity index (χ3v) is 2.84. The molecule has 2 N–H and O–H groups in total. The van der Waals surface area contributed by atoms with Gasteiger partial charge in [-0.25, -0.2) is 9.48 Å². The molecule has 0 saturated heterocycles. The van der Waals surface area contributed by atoms with Crippen LogP contribution in [0.4, 0.5) is 0 Å². The lowest BCUT2D eigenvalue weighted by atomic mass is 10.1. The average molecular weight is 289 g/mol. The van der Waals surface area contributed by atoms with Gasteiger partial charge in [0.2, 0.25) is 0 Å². The van der Waals surface area contributed by atoms with Crippen LogP contribution in [0.1, 0.15) is 23.8 Å². The van der Waals surface area contributed by atoms with E-state index in [0.717, 1.165) is 0 Å². The van der Waals surface area contributed by atoms with Crippen molar-refractivity contribution in [3.8, 4) is 0 Å². The summed E-state index contributed by atoms with van der Waals surface area (Å²) in [5.74, 6) is -1.54. The lowest BCUT2D eigenvalue weighted by molar-refractivity contribution is -0.121. The molecule has 0 fully saturated rings. The van der Waals surface area contributed by atoms with E-state index < -0.39 is 18.5 Å². The molecular formula is C14H15N3O4. The van der Waals surface area contributed by atoms with Gasteiger partial charge in [-0.1, -0.05) is 25.1 Å². The number of nitrogens with two attached hydrogens (primary N) is 1. The van der Waals surface area contributed by atoms with Crippen molar-refractivity contribution in [2.24, 2.45) is 5.73 Å². The Bertz CT molecular complexity index is 751. The van der Waals surface area contributed by atoms with Gasteiger partial charge in [-0.15, -0.1) is 0 Å². The number of amides is 1. The molecule has 1 heterocycles. The number of nitrogens with zero attached hydrogens (tertiary/aromatic N) is 2. The van der Waals surface area contributed by atoms with Gasteiger partial charge in [-0.3, -0.25) is 9.59 Å². The van der Waals surface area contributed by atoms with Crippen molar-refractivity contribution in [3.05, 3.63) is 40.3 Å². The summed E-state index contributed by atoms with van der Waals surface area (Å²) >= 11 is 0. The molecule has 0 aliphatic rings. The van der Waals surface area contributed by atoms with Crippen LogP contribution in [0.3, 0.4) is 0 Å². The molecule has 0 spiro atoms. The maximum atomic E-state index is 12.2. The van der Waals surface area contributed by atoms with Gasteiger partial charge in [0.25, 0.3) is 11.5 Å². The maximum Gasteiger partial charge on any atom is 0.359 e. The number of hydrogen-bond acceptors (Lipinski definition) is 5. The van der Waals surface area contributed by atoms with Crippen LogP contribution in [0.2, 0.25) is 0 Å². The molecule has 0 aliphatic carbocycles. The van der Waals surface area contributed by atoms with Crippen molar-refractivity contribution in [2.45, 2.75) is 19.9 Å². The SMILES string of the molecule is CCCn1nc(C(=O)OCC(N)=O)c2ccccc2c1=O. The summed E-state index contributed by atoms with van der Waals surface area (Å²) < 4.78 is 6.00. The second-order valence-electron chi connectivity index (χ2n) is 4.46. The van der Waals surface area contributed by atoms with E-state index in [2.05, 4.69) is 5.10 Å². The normalized spacial score (nSPS) is 10.5. The minimum atomic E-state index is -0.783. The number of aryl methyl sites for hydroxylation is 1. The standard InChI is InChI=1S/C14H15N3O4/c1-2-7-17-13(19)10-6-4-3-5-9(10)12(16-17)14(20)21-8-11(15)18/h3-6H,2,7-8H2,1H3,(H2,15,18). The highest BCUT2D eigenvalue weighted by atomic mass is 16.5. The predicted molar refractivity (Wildman–Crippen MR) is 75.8 cm³/mol. The molecule has 110 valence electrons.